The summed E-state index contributed by atoms with van der Waals surface area (Å²) in [4.78, 5) is 21.8. The third-order valence-electron chi connectivity index (χ3n) is 5.83. The molecule has 4 heterocycles. The van der Waals surface area contributed by atoms with E-state index in [-0.39, 0.29) is 5.91 Å². The van der Waals surface area contributed by atoms with Crippen LogP contribution >= 0.6 is 22.7 Å². The van der Waals surface area contributed by atoms with Gasteiger partial charge in [-0.25, -0.2) is 4.98 Å². The Morgan fingerprint density at radius 1 is 1.19 bits per heavy atom. The predicted molar refractivity (Wildman–Crippen MR) is 128 cm³/mol. The predicted octanol–water partition coefficient (Wildman–Crippen LogP) is 5.18. The highest BCUT2D eigenvalue weighted by Crippen LogP contribution is 2.45. The van der Waals surface area contributed by atoms with Crippen molar-refractivity contribution in [1.82, 2.24) is 19.7 Å². The molecule has 1 N–H and O–H groups in total. The number of carbonyl (C=O) groups excluding carboxylic acids is 1. The second-order valence-electron chi connectivity index (χ2n) is 7.75. The largest absolute Gasteiger partial charge is 0.312 e. The lowest BCUT2D eigenvalue weighted by Gasteiger charge is -2.25. The molecular weight excluding hydrogens is 426 g/mol. The maximum atomic E-state index is 13.1. The van der Waals surface area contributed by atoms with Gasteiger partial charge >= 0.3 is 0 Å². The molecule has 1 aliphatic heterocycles. The Labute approximate surface area is 189 Å². The molecule has 0 bridgehead atoms. The molecule has 0 saturated carbocycles. The highest BCUT2D eigenvalue weighted by molar-refractivity contribution is 7.22. The van der Waals surface area contributed by atoms with Crippen molar-refractivity contribution in [1.29, 1.82) is 0 Å². The van der Waals surface area contributed by atoms with Crippen LogP contribution in [-0.4, -0.2) is 38.7 Å². The number of hydrogen-bond donors (Lipinski definition) is 1. The number of nitrogens with one attached hydrogen (secondary N) is 1. The Morgan fingerprint density at radius 2 is 2.03 bits per heavy atom. The van der Waals surface area contributed by atoms with E-state index in [1.165, 1.54) is 10.4 Å². The zero-order chi connectivity index (χ0) is 21.5. The number of thiazole rings is 1. The molecule has 6 nitrogen and oxygen atoms in total. The molecule has 0 spiro atoms. The first-order chi connectivity index (χ1) is 15.1. The summed E-state index contributed by atoms with van der Waals surface area (Å²) in [6, 6.07) is 10.1. The van der Waals surface area contributed by atoms with Gasteiger partial charge in [0.15, 0.2) is 5.69 Å². The van der Waals surface area contributed by atoms with Crippen LogP contribution in [-0.2, 0) is 19.5 Å². The molecule has 1 aliphatic rings. The molecule has 5 rings (SSSR count). The van der Waals surface area contributed by atoms with Gasteiger partial charge in [0.2, 0.25) is 0 Å². The van der Waals surface area contributed by atoms with Crippen molar-refractivity contribution in [2.24, 2.45) is 0 Å². The van der Waals surface area contributed by atoms with E-state index in [1.54, 1.807) is 22.7 Å². The maximum Gasteiger partial charge on any atom is 0.276 e. The fourth-order valence-corrected chi connectivity index (χ4v) is 6.52. The minimum Gasteiger partial charge on any atom is -0.312 e. The van der Waals surface area contributed by atoms with Gasteiger partial charge in [-0.1, -0.05) is 19.1 Å². The molecule has 0 saturated heterocycles. The number of aryl methyl sites for hydroxylation is 2. The summed E-state index contributed by atoms with van der Waals surface area (Å²) in [6.45, 7) is 9.93. The van der Waals surface area contributed by atoms with E-state index < -0.39 is 0 Å². The number of para-hydroxylation sites is 1. The number of rotatable bonds is 5. The van der Waals surface area contributed by atoms with Crippen molar-refractivity contribution in [2.75, 3.05) is 18.4 Å². The minimum atomic E-state index is -0.163. The average molecular weight is 452 g/mol. The van der Waals surface area contributed by atoms with Crippen molar-refractivity contribution >= 4 is 43.8 Å². The van der Waals surface area contributed by atoms with Crippen molar-refractivity contribution < 1.29 is 4.79 Å². The van der Waals surface area contributed by atoms with Crippen LogP contribution in [0.15, 0.2) is 30.3 Å². The summed E-state index contributed by atoms with van der Waals surface area (Å²) < 4.78 is 3.01. The molecule has 160 valence electrons. The van der Waals surface area contributed by atoms with Gasteiger partial charge in [0.1, 0.15) is 10.0 Å². The number of thiophene rings is 1. The van der Waals surface area contributed by atoms with Gasteiger partial charge in [0.05, 0.1) is 10.2 Å². The van der Waals surface area contributed by atoms with Crippen LogP contribution in [0.25, 0.3) is 20.8 Å². The van der Waals surface area contributed by atoms with Crippen molar-refractivity contribution in [3.63, 3.8) is 0 Å². The first-order valence-corrected chi connectivity index (χ1v) is 12.3. The Bertz CT molecular complexity index is 1240. The summed E-state index contributed by atoms with van der Waals surface area (Å²) in [6.07, 6.45) is 0.977. The Hall–Kier alpha value is -2.55. The van der Waals surface area contributed by atoms with Gasteiger partial charge in [-0.15, -0.1) is 22.7 Å². The summed E-state index contributed by atoms with van der Waals surface area (Å²) in [7, 11) is 0. The first kappa shape index (κ1) is 20.4. The number of amides is 1. The van der Waals surface area contributed by atoms with E-state index in [1.807, 2.05) is 42.8 Å². The number of benzene rings is 1. The third kappa shape index (κ3) is 3.69. The molecule has 3 aromatic heterocycles. The van der Waals surface area contributed by atoms with Gasteiger partial charge < -0.3 is 5.32 Å². The monoisotopic (exact) mass is 451 g/mol. The molecule has 0 fully saturated rings. The number of aromatic nitrogens is 3. The highest BCUT2D eigenvalue weighted by Gasteiger charge is 2.28. The molecule has 1 amide bonds. The number of carbonyl (C=O) groups is 1. The molecular formula is C23H25N5OS2. The van der Waals surface area contributed by atoms with Crippen LogP contribution in [0.5, 0.6) is 0 Å². The Kier molecular flexibility index (Phi) is 5.37. The Morgan fingerprint density at radius 3 is 2.77 bits per heavy atom. The van der Waals surface area contributed by atoms with E-state index in [9.17, 15) is 4.79 Å². The fourth-order valence-electron chi connectivity index (χ4n) is 4.13. The molecule has 31 heavy (non-hydrogen) atoms. The number of likely N-dealkylation sites (N-methyl/N-ethyl adjacent to an activating group) is 1. The van der Waals surface area contributed by atoms with Gasteiger partial charge in [0, 0.05) is 35.8 Å². The number of anilines is 1. The first-order valence-electron chi connectivity index (χ1n) is 10.7. The van der Waals surface area contributed by atoms with Crippen LogP contribution in [0.1, 0.15) is 40.5 Å². The molecule has 0 unspecified atom stereocenters. The lowest BCUT2D eigenvalue weighted by molar-refractivity contribution is 0.102. The normalized spacial score (nSPS) is 14.2. The lowest BCUT2D eigenvalue weighted by atomic mass is 10.0. The molecule has 0 atom stereocenters. The fraction of sp³-hybridized carbons (Fsp3) is 0.348. The van der Waals surface area contributed by atoms with Crippen molar-refractivity contribution in [3.05, 3.63) is 52.2 Å². The molecule has 4 aromatic rings. The minimum absolute atomic E-state index is 0.163. The lowest BCUT2D eigenvalue weighted by Crippen LogP contribution is -2.29. The zero-order valence-electron chi connectivity index (χ0n) is 17.9. The molecule has 8 heteroatoms. The van der Waals surface area contributed by atoms with E-state index in [4.69, 9.17) is 4.98 Å². The molecule has 0 aliphatic carbocycles. The SMILES string of the molecule is CCN1CCc2c(sc(NC(=O)c3cc(C)n(CC)n3)c2-c2nc3ccccc3s2)C1. The average Bonchev–Trinajstić information content (AvgIpc) is 3.46. The van der Waals surface area contributed by atoms with E-state index in [0.29, 0.717) is 5.69 Å². The van der Waals surface area contributed by atoms with Gasteiger partial charge in [0.25, 0.3) is 5.91 Å². The van der Waals surface area contributed by atoms with E-state index >= 15 is 0 Å². The smallest absolute Gasteiger partial charge is 0.276 e. The standard InChI is InChI=1S/C23H25N5OS2/c1-4-27-11-10-15-19(13-27)31-23(25-21(29)17-12-14(3)28(5-2)26-17)20(15)22-24-16-8-6-7-9-18(16)30-22/h6-9,12H,4-5,10-11,13H2,1-3H3,(H,25,29). The van der Waals surface area contributed by atoms with Crippen LogP contribution < -0.4 is 5.32 Å². The second-order valence-corrected chi connectivity index (χ2v) is 9.89. The summed E-state index contributed by atoms with van der Waals surface area (Å²) in [5, 5.41) is 9.50. The van der Waals surface area contributed by atoms with Gasteiger partial charge in [-0.05, 0) is 50.6 Å². The number of hydrogen-bond acceptors (Lipinski definition) is 6. The third-order valence-corrected chi connectivity index (χ3v) is 8.02. The number of fused-ring (bicyclic) bond motifs is 2. The van der Waals surface area contributed by atoms with Gasteiger partial charge in [-0.3, -0.25) is 14.4 Å². The summed E-state index contributed by atoms with van der Waals surface area (Å²) in [5.74, 6) is -0.163. The van der Waals surface area contributed by atoms with Gasteiger partial charge in [-0.2, -0.15) is 5.10 Å². The quantitative estimate of drug-likeness (QED) is 0.454. The topological polar surface area (TPSA) is 63.1 Å². The van der Waals surface area contributed by atoms with Crippen molar-refractivity contribution in [2.45, 2.75) is 40.3 Å². The zero-order valence-corrected chi connectivity index (χ0v) is 19.6. The summed E-state index contributed by atoms with van der Waals surface area (Å²) in [5.41, 5.74) is 4.87. The van der Waals surface area contributed by atoms with E-state index in [0.717, 1.165) is 64.1 Å². The van der Waals surface area contributed by atoms with E-state index in [2.05, 4.69) is 28.3 Å². The highest BCUT2D eigenvalue weighted by atomic mass is 32.1. The van der Waals surface area contributed by atoms with Crippen LogP contribution in [0, 0.1) is 6.92 Å². The maximum absolute atomic E-state index is 13.1. The molecule has 1 aromatic carbocycles. The van der Waals surface area contributed by atoms with Crippen LogP contribution in [0.4, 0.5) is 5.00 Å². The van der Waals surface area contributed by atoms with Crippen molar-refractivity contribution in [3.8, 4) is 10.6 Å². The molecule has 0 radical (unpaired) electrons. The van der Waals surface area contributed by atoms with Crippen LogP contribution in [0.2, 0.25) is 0 Å². The van der Waals surface area contributed by atoms with Crippen LogP contribution in [0.3, 0.4) is 0 Å². The Balaban J connectivity index is 1.57. The summed E-state index contributed by atoms with van der Waals surface area (Å²) >= 11 is 3.38. The number of nitrogens with zero attached hydrogens (tertiary/aromatic N) is 4. The second kappa shape index (κ2) is 8.18.